The monoisotopic (exact) mass is 350 g/mol. The van der Waals surface area contributed by atoms with Crippen molar-refractivity contribution in [2.24, 2.45) is 0 Å². The number of hydrogen-bond acceptors (Lipinski definition) is 3. The van der Waals surface area contributed by atoms with Crippen LogP contribution in [0, 0.1) is 0 Å². The zero-order chi connectivity index (χ0) is 13.9. The molecule has 2 nitrogen and oxygen atoms in total. The van der Waals surface area contributed by atoms with Crippen LogP contribution < -0.4 is 10.2 Å². The molecule has 1 aliphatic rings. The first-order chi connectivity index (χ1) is 9.78. The molecule has 0 bridgehead atoms. The van der Waals surface area contributed by atoms with Crippen LogP contribution in [0.4, 0.5) is 5.69 Å². The van der Waals surface area contributed by atoms with Gasteiger partial charge in [-0.3, -0.25) is 0 Å². The summed E-state index contributed by atoms with van der Waals surface area (Å²) in [6.07, 6.45) is 1.16. The Hall–Kier alpha value is -0.840. The third-order valence-corrected chi connectivity index (χ3v) is 5.78. The van der Waals surface area contributed by atoms with Gasteiger partial charge in [0.05, 0.1) is 6.54 Å². The molecule has 1 unspecified atom stereocenters. The van der Waals surface area contributed by atoms with E-state index in [4.69, 9.17) is 0 Å². The lowest BCUT2D eigenvalue weighted by atomic mass is 10.1. The van der Waals surface area contributed by atoms with Crippen LogP contribution in [-0.2, 0) is 13.1 Å². The van der Waals surface area contributed by atoms with E-state index < -0.39 is 0 Å². The van der Waals surface area contributed by atoms with E-state index in [9.17, 15) is 0 Å². The highest BCUT2D eigenvalue weighted by molar-refractivity contribution is 9.10. The molecule has 20 heavy (non-hydrogen) atoms. The maximum atomic E-state index is 3.66. The minimum atomic E-state index is 0.557. The Balaban J connectivity index is 1.91. The second-order valence-corrected chi connectivity index (χ2v) is 7.04. The van der Waals surface area contributed by atoms with Gasteiger partial charge in [-0.1, -0.05) is 25.1 Å². The molecular formula is C16H19BrN2S. The van der Waals surface area contributed by atoms with Gasteiger partial charge in [-0.25, -0.2) is 0 Å². The van der Waals surface area contributed by atoms with Gasteiger partial charge in [0.1, 0.15) is 0 Å². The molecule has 1 atom stereocenters. The van der Waals surface area contributed by atoms with E-state index in [0.717, 1.165) is 26.1 Å². The molecule has 2 heterocycles. The zero-order valence-corrected chi connectivity index (χ0v) is 14.0. The van der Waals surface area contributed by atoms with E-state index in [1.165, 1.54) is 20.6 Å². The Bertz CT molecular complexity index is 581. The quantitative estimate of drug-likeness (QED) is 0.882. The first-order valence-electron chi connectivity index (χ1n) is 7.06. The maximum absolute atomic E-state index is 3.66. The number of benzene rings is 1. The number of anilines is 1. The Morgan fingerprint density at radius 3 is 2.95 bits per heavy atom. The van der Waals surface area contributed by atoms with Gasteiger partial charge < -0.3 is 10.2 Å². The summed E-state index contributed by atoms with van der Waals surface area (Å²) in [5, 5.41) is 5.81. The normalized spacial score (nSPS) is 18.7. The molecule has 0 saturated carbocycles. The van der Waals surface area contributed by atoms with E-state index >= 15 is 0 Å². The van der Waals surface area contributed by atoms with E-state index in [1.807, 2.05) is 11.3 Å². The van der Waals surface area contributed by atoms with Crippen molar-refractivity contribution in [1.82, 2.24) is 5.32 Å². The summed E-state index contributed by atoms with van der Waals surface area (Å²) < 4.78 is 1.23. The van der Waals surface area contributed by atoms with Crippen molar-refractivity contribution >= 4 is 33.0 Å². The molecule has 106 valence electrons. The minimum Gasteiger partial charge on any atom is -0.365 e. The van der Waals surface area contributed by atoms with Crippen LogP contribution in [0.15, 0.2) is 40.2 Å². The molecule has 0 fully saturated rings. The van der Waals surface area contributed by atoms with Crippen LogP contribution >= 0.6 is 27.3 Å². The Kier molecular flexibility index (Phi) is 4.44. The number of halogens is 1. The van der Waals surface area contributed by atoms with Gasteiger partial charge in [0.2, 0.25) is 0 Å². The third kappa shape index (κ3) is 2.92. The number of rotatable bonds is 3. The number of hydrogen-bond donors (Lipinski definition) is 1. The largest absolute Gasteiger partial charge is 0.365 e. The van der Waals surface area contributed by atoms with Gasteiger partial charge in [0.15, 0.2) is 0 Å². The van der Waals surface area contributed by atoms with Gasteiger partial charge in [-0.15, -0.1) is 11.3 Å². The molecule has 0 radical (unpaired) electrons. The minimum absolute atomic E-state index is 0.557. The molecule has 1 aromatic heterocycles. The van der Waals surface area contributed by atoms with E-state index in [0.29, 0.717) is 6.04 Å². The summed E-state index contributed by atoms with van der Waals surface area (Å²) >= 11 is 5.48. The number of nitrogens with zero attached hydrogens (tertiary/aromatic N) is 1. The van der Waals surface area contributed by atoms with Crippen molar-refractivity contribution in [3.05, 3.63) is 50.6 Å². The Morgan fingerprint density at radius 1 is 1.35 bits per heavy atom. The number of fused-ring (bicyclic) bond motifs is 1. The topological polar surface area (TPSA) is 15.3 Å². The van der Waals surface area contributed by atoms with Gasteiger partial charge in [0.25, 0.3) is 0 Å². The third-order valence-electron chi connectivity index (χ3n) is 3.87. The zero-order valence-electron chi connectivity index (χ0n) is 11.6. The summed E-state index contributed by atoms with van der Waals surface area (Å²) in [5.41, 5.74) is 2.77. The Morgan fingerprint density at radius 2 is 2.20 bits per heavy atom. The summed E-state index contributed by atoms with van der Waals surface area (Å²) in [6, 6.07) is 11.4. The fourth-order valence-electron chi connectivity index (χ4n) is 2.69. The van der Waals surface area contributed by atoms with Gasteiger partial charge >= 0.3 is 0 Å². The van der Waals surface area contributed by atoms with Crippen LogP contribution in [0.25, 0.3) is 0 Å². The lowest BCUT2D eigenvalue weighted by Crippen LogP contribution is -2.37. The smallest absolute Gasteiger partial charge is 0.0534 e. The van der Waals surface area contributed by atoms with Crippen LogP contribution in [0.3, 0.4) is 0 Å². The predicted octanol–water partition coefficient (Wildman–Crippen LogP) is 4.40. The van der Waals surface area contributed by atoms with Gasteiger partial charge in [0, 0.05) is 34.2 Å². The average molecular weight is 351 g/mol. The molecule has 0 aliphatic carbocycles. The van der Waals surface area contributed by atoms with E-state index in [1.54, 1.807) is 0 Å². The van der Waals surface area contributed by atoms with Crippen molar-refractivity contribution in [3.63, 3.8) is 0 Å². The molecule has 2 aromatic rings. The SMILES string of the molecule is CCC1CN(Cc2sccc2Br)c2ccccc2CN1. The standard InChI is InChI=1S/C16H19BrN2S/c1-2-13-10-19(11-16-14(17)7-8-20-16)15-6-4-3-5-12(15)9-18-13/h3-8,13,18H,2,9-11H2,1H3. The van der Waals surface area contributed by atoms with Crippen molar-refractivity contribution in [2.45, 2.75) is 32.5 Å². The molecule has 0 spiro atoms. The van der Waals surface area contributed by atoms with Crippen LogP contribution in [-0.4, -0.2) is 12.6 Å². The molecular weight excluding hydrogens is 332 g/mol. The van der Waals surface area contributed by atoms with Crippen molar-refractivity contribution in [1.29, 1.82) is 0 Å². The number of para-hydroxylation sites is 1. The molecule has 0 saturated heterocycles. The average Bonchev–Trinajstić information content (AvgIpc) is 2.78. The van der Waals surface area contributed by atoms with Crippen molar-refractivity contribution in [3.8, 4) is 0 Å². The van der Waals surface area contributed by atoms with Crippen molar-refractivity contribution < 1.29 is 0 Å². The van der Waals surface area contributed by atoms with Crippen LogP contribution in [0.1, 0.15) is 23.8 Å². The highest BCUT2D eigenvalue weighted by atomic mass is 79.9. The first kappa shape index (κ1) is 14.1. The fourth-order valence-corrected chi connectivity index (χ4v) is 4.18. The number of thiophene rings is 1. The predicted molar refractivity (Wildman–Crippen MR) is 90.4 cm³/mol. The molecule has 1 aliphatic heterocycles. The fraction of sp³-hybridized carbons (Fsp3) is 0.375. The van der Waals surface area contributed by atoms with Crippen LogP contribution in [0.5, 0.6) is 0 Å². The lowest BCUT2D eigenvalue weighted by molar-refractivity contribution is 0.502. The molecule has 3 rings (SSSR count). The highest BCUT2D eigenvalue weighted by Crippen LogP contribution is 2.30. The summed E-state index contributed by atoms with van der Waals surface area (Å²) in [4.78, 5) is 3.91. The lowest BCUT2D eigenvalue weighted by Gasteiger charge is -2.27. The van der Waals surface area contributed by atoms with E-state index in [-0.39, 0.29) is 0 Å². The Labute approximate surface area is 132 Å². The molecule has 4 heteroatoms. The first-order valence-corrected chi connectivity index (χ1v) is 8.73. The summed E-state index contributed by atoms with van der Waals surface area (Å²) in [5.74, 6) is 0. The molecule has 1 N–H and O–H groups in total. The second-order valence-electron chi connectivity index (χ2n) is 5.19. The molecule has 1 aromatic carbocycles. The van der Waals surface area contributed by atoms with Gasteiger partial charge in [-0.05, 0) is 45.4 Å². The van der Waals surface area contributed by atoms with Crippen molar-refractivity contribution in [2.75, 3.05) is 11.4 Å². The highest BCUT2D eigenvalue weighted by Gasteiger charge is 2.21. The number of nitrogens with one attached hydrogen (secondary N) is 1. The molecule has 0 amide bonds. The van der Waals surface area contributed by atoms with Gasteiger partial charge in [-0.2, -0.15) is 0 Å². The second kappa shape index (κ2) is 6.29. The maximum Gasteiger partial charge on any atom is 0.0534 e. The summed E-state index contributed by atoms with van der Waals surface area (Å²) in [7, 11) is 0. The summed E-state index contributed by atoms with van der Waals surface area (Å²) in [6.45, 7) is 5.27. The van der Waals surface area contributed by atoms with E-state index in [2.05, 4.69) is 68.8 Å². The van der Waals surface area contributed by atoms with Crippen LogP contribution in [0.2, 0.25) is 0 Å².